The summed E-state index contributed by atoms with van der Waals surface area (Å²) >= 11 is 6.00. The van der Waals surface area contributed by atoms with Gasteiger partial charge in [-0.2, -0.15) is 0 Å². The SMILES string of the molecule is O=C(O)Cc1ccc(NC(=O)c2nc(-c3ccccc3)n(-c3ccc(Cl)cc3)n2)cc1. The Kier molecular flexibility index (Phi) is 5.77. The van der Waals surface area contributed by atoms with Gasteiger partial charge in [0, 0.05) is 16.3 Å². The van der Waals surface area contributed by atoms with Gasteiger partial charge in [-0.05, 0) is 42.0 Å². The summed E-state index contributed by atoms with van der Waals surface area (Å²) in [5.74, 6) is -0.869. The van der Waals surface area contributed by atoms with Crippen molar-refractivity contribution < 1.29 is 14.7 Å². The Morgan fingerprint density at radius 2 is 1.61 bits per heavy atom. The van der Waals surface area contributed by atoms with Crippen LogP contribution in [0.25, 0.3) is 17.1 Å². The van der Waals surface area contributed by atoms with Gasteiger partial charge in [0.15, 0.2) is 5.82 Å². The predicted molar refractivity (Wildman–Crippen MR) is 118 cm³/mol. The van der Waals surface area contributed by atoms with E-state index in [-0.39, 0.29) is 12.2 Å². The number of hydrogen-bond acceptors (Lipinski definition) is 4. The Labute approximate surface area is 182 Å². The molecule has 0 aliphatic heterocycles. The molecule has 4 rings (SSSR count). The van der Waals surface area contributed by atoms with E-state index in [0.29, 0.717) is 27.8 Å². The number of carbonyl (C=O) groups is 2. The van der Waals surface area contributed by atoms with Crippen LogP contribution in [-0.2, 0) is 11.2 Å². The van der Waals surface area contributed by atoms with Gasteiger partial charge in [0.2, 0.25) is 5.82 Å². The highest BCUT2D eigenvalue weighted by atomic mass is 35.5. The van der Waals surface area contributed by atoms with E-state index in [1.807, 2.05) is 30.3 Å². The number of carbonyl (C=O) groups excluding carboxylic acids is 1. The molecule has 3 aromatic carbocycles. The van der Waals surface area contributed by atoms with Crippen LogP contribution in [0.4, 0.5) is 5.69 Å². The number of nitrogens with zero attached hydrogens (tertiary/aromatic N) is 3. The number of carboxylic acids is 1. The molecule has 0 bridgehead atoms. The minimum absolute atomic E-state index is 0.00316. The molecule has 31 heavy (non-hydrogen) atoms. The molecule has 7 nitrogen and oxygen atoms in total. The number of amides is 1. The smallest absolute Gasteiger partial charge is 0.307 e. The van der Waals surface area contributed by atoms with Crippen LogP contribution < -0.4 is 5.32 Å². The molecule has 2 N–H and O–H groups in total. The van der Waals surface area contributed by atoms with Crippen LogP contribution in [0.1, 0.15) is 16.2 Å². The third-order valence-corrected chi connectivity index (χ3v) is 4.73. The second-order valence-corrected chi connectivity index (χ2v) is 7.17. The summed E-state index contributed by atoms with van der Waals surface area (Å²) in [6, 6.07) is 23.1. The van der Waals surface area contributed by atoms with Crippen LogP contribution in [0.3, 0.4) is 0 Å². The molecule has 1 aromatic heterocycles. The number of aromatic nitrogens is 3. The maximum absolute atomic E-state index is 12.8. The van der Waals surface area contributed by atoms with Crippen LogP contribution in [-0.4, -0.2) is 31.7 Å². The number of aliphatic carboxylic acids is 1. The zero-order valence-electron chi connectivity index (χ0n) is 16.2. The second-order valence-electron chi connectivity index (χ2n) is 6.73. The highest BCUT2D eigenvalue weighted by Crippen LogP contribution is 2.22. The molecular weight excluding hydrogens is 416 g/mol. The molecule has 1 heterocycles. The van der Waals surface area contributed by atoms with Crippen LogP contribution in [0.5, 0.6) is 0 Å². The van der Waals surface area contributed by atoms with Gasteiger partial charge in [0.05, 0.1) is 12.1 Å². The zero-order valence-corrected chi connectivity index (χ0v) is 17.0. The van der Waals surface area contributed by atoms with Crippen molar-refractivity contribution in [2.45, 2.75) is 6.42 Å². The van der Waals surface area contributed by atoms with E-state index >= 15 is 0 Å². The number of nitrogens with one attached hydrogen (secondary N) is 1. The van der Waals surface area contributed by atoms with Crippen molar-refractivity contribution in [3.8, 4) is 17.1 Å². The van der Waals surface area contributed by atoms with Crippen molar-refractivity contribution in [3.05, 3.63) is 95.3 Å². The normalized spacial score (nSPS) is 10.6. The van der Waals surface area contributed by atoms with Crippen molar-refractivity contribution in [2.75, 3.05) is 5.32 Å². The highest BCUT2D eigenvalue weighted by Gasteiger charge is 2.19. The fourth-order valence-corrected chi connectivity index (χ4v) is 3.14. The first-order valence-corrected chi connectivity index (χ1v) is 9.78. The van der Waals surface area contributed by atoms with Crippen molar-refractivity contribution in [1.29, 1.82) is 0 Å². The first-order valence-electron chi connectivity index (χ1n) is 9.40. The summed E-state index contributed by atoms with van der Waals surface area (Å²) in [4.78, 5) is 28.1. The van der Waals surface area contributed by atoms with Crippen molar-refractivity contribution in [3.63, 3.8) is 0 Å². The second kappa shape index (κ2) is 8.81. The lowest BCUT2D eigenvalue weighted by molar-refractivity contribution is -0.136. The first kappa shape index (κ1) is 20.3. The number of anilines is 1. The van der Waals surface area contributed by atoms with E-state index in [2.05, 4.69) is 15.4 Å². The van der Waals surface area contributed by atoms with Gasteiger partial charge < -0.3 is 10.4 Å². The lowest BCUT2D eigenvalue weighted by atomic mass is 10.1. The van der Waals surface area contributed by atoms with E-state index in [1.54, 1.807) is 53.2 Å². The number of hydrogen-bond donors (Lipinski definition) is 2. The van der Waals surface area contributed by atoms with E-state index in [4.69, 9.17) is 16.7 Å². The molecule has 1 amide bonds. The molecule has 0 aliphatic carbocycles. The fraction of sp³-hybridized carbons (Fsp3) is 0.0435. The van der Waals surface area contributed by atoms with E-state index < -0.39 is 11.9 Å². The van der Waals surface area contributed by atoms with Gasteiger partial charge in [0.1, 0.15) is 0 Å². The average Bonchev–Trinajstić information content (AvgIpc) is 3.22. The van der Waals surface area contributed by atoms with Crippen LogP contribution >= 0.6 is 11.6 Å². The molecular formula is C23H17ClN4O3. The maximum atomic E-state index is 12.8. The van der Waals surface area contributed by atoms with Gasteiger partial charge in [-0.15, -0.1) is 5.10 Å². The van der Waals surface area contributed by atoms with Gasteiger partial charge >= 0.3 is 5.97 Å². The Balaban J connectivity index is 1.64. The maximum Gasteiger partial charge on any atom is 0.307 e. The molecule has 0 atom stereocenters. The fourth-order valence-electron chi connectivity index (χ4n) is 3.01. The minimum atomic E-state index is -0.915. The Bertz CT molecular complexity index is 1220. The number of benzene rings is 3. The van der Waals surface area contributed by atoms with Crippen LogP contribution in [0, 0.1) is 0 Å². The van der Waals surface area contributed by atoms with Crippen molar-refractivity contribution in [2.24, 2.45) is 0 Å². The van der Waals surface area contributed by atoms with E-state index in [0.717, 1.165) is 5.56 Å². The van der Waals surface area contributed by atoms with E-state index in [9.17, 15) is 9.59 Å². The summed E-state index contributed by atoms with van der Waals surface area (Å²) in [5.41, 5.74) is 2.68. The summed E-state index contributed by atoms with van der Waals surface area (Å²) in [6.07, 6.45) is -0.0816. The van der Waals surface area contributed by atoms with Crippen molar-refractivity contribution in [1.82, 2.24) is 14.8 Å². The third kappa shape index (κ3) is 4.79. The van der Waals surface area contributed by atoms with Crippen molar-refractivity contribution >= 4 is 29.2 Å². The van der Waals surface area contributed by atoms with Gasteiger partial charge in [-0.25, -0.2) is 9.67 Å². The van der Waals surface area contributed by atoms with Gasteiger partial charge in [-0.1, -0.05) is 54.1 Å². The molecule has 154 valence electrons. The summed E-state index contributed by atoms with van der Waals surface area (Å²) in [5, 5.41) is 16.6. The largest absolute Gasteiger partial charge is 0.481 e. The summed E-state index contributed by atoms with van der Waals surface area (Å²) in [6.45, 7) is 0. The lowest BCUT2D eigenvalue weighted by Crippen LogP contribution is -2.14. The molecule has 0 fully saturated rings. The predicted octanol–water partition coefficient (Wildman–Crippen LogP) is 4.47. The quantitative estimate of drug-likeness (QED) is 0.468. The zero-order chi connectivity index (χ0) is 21.8. The summed E-state index contributed by atoms with van der Waals surface area (Å²) < 4.78 is 1.59. The molecule has 0 saturated carbocycles. The Morgan fingerprint density at radius 3 is 2.26 bits per heavy atom. The molecule has 8 heteroatoms. The Hall–Kier alpha value is -3.97. The molecule has 0 radical (unpaired) electrons. The lowest BCUT2D eigenvalue weighted by Gasteiger charge is -2.05. The Morgan fingerprint density at radius 1 is 0.935 bits per heavy atom. The van der Waals surface area contributed by atoms with Gasteiger partial charge in [0.25, 0.3) is 5.91 Å². The average molecular weight is 433 g/mol. The first-order chi connectivity index (χ1) is 15.0. The highest BCUT2D eigenvalue weighted by molar-refractivity contribution is 6.30. The third-order valence-electron chi connectivity index (χ3n) is 4.48. The number of carboxylic acid groups (broad SMARTS) is 1. The minimum Gasteiger partial charge on any atom is -0.481 e. The standard InChI is InChI=1S/C23H17ClN4O3/c24-17-8-12-19(13-9-17)28-22(16-4-2-1-3-5-16)26-21(27-28)23(31)25-18-10-6-15(7-11-18)14-20(29)30/h1-13H,14H2,(H,25,31)(H,29,30). The molecule has 0 unspecified atom stereocenters. The topological polar surface area (TPSA) is 97.1 Å². The molecule has 4 aromatic rings. The molecule has 0 spiro atoms. The van der Waals surface area contributed by atoms with Gasteiger partial charge in [-0.3, -0.25) is 9.59 Å². The van der Waals surface area contributed by atoms with Crippen LogP contribution in [0.2, 0.25) is 5.02 Å². The van der Waals surface area contributed by atoms with E-state index in [1.165, 1.54) is 0 Å². The monoisotopic (exact) mass is 432 g/mol. The number of halogens is 1. The molecule has 0 aliphatic rings. The van der Waals surface area contributed by atoms with Crippen LogP contribution in [0.15, 0.2) is 78.9 Å². The molecule has 0 saturated heterocycles. The summed E-state index contributed by atoms with van der Waals surface area (Å²) in [7, 11) is 0. The number of rotatable bonds is 6.